The predicted octanol–water partition coefficient (Wildman–Crippen LogP) is 3.26. The summed E-state index contributed by atoms with van der Waals surface area (Å²) in [5, 5.41) is 0. The van der Waals surface area contributed by atoms with Gasteiger partial charge in [-0.05, 0) is 48.7 Å². The van der Waals surface area contributed by atoms with Crippen LogP contribution in [0.1, 0.15) is 18.1 Å². The average molecular weight is 227 g/mol. The number of hydrogen-bond donors (Lipinski definition) is 1. The molecule has 0 amide bonds. The fourth-order valence-electron chi connectivity index (χ4n) is 1.81. The Balaban J connectivity index is 2.08. The first-order valence-corrected chi connectivity index (χ1v) is 5.84. The molecule has 0 aliphatic rings. The van der Waals surface area contributed by atoms with Crippen molar-refractivity contribution < 1.29 is 4.74 Å². The summed E-state index contributed by atoms with van der Waals surface area (Å²) in [4.78, 5) is 0. The van der Waals surface area contributed by atoms with Gasteiger partial charge in [0, 0.05) is 5.69 Å². The van der Waals surface area contributed by atoms with Gasteiger partial charge in [0.05, 0.1) is 6.61 Å². The summed E-state index contributed by atoms with van der Waals surface area (Å²) in [6, 6.07) is 16.2. The lowest BCUT2D eigenvalue weighted by molar-refractivity contribution is 0.340. The van der Waals surface area contributed by atoms with Crippen LogP contribution in [-0.4, -0.2) is 6.61 Å². The molecular weight excluding hydrogens is 210 g/mol. The molecule has 0 atom stereocenters. The van der Waals surface area contributed by atoms with Crippen molar-refractivity contribution in [1.29, 1.82) is 0 Å². The topological polar surface area (TPSA) is 35.2 Å². The van der Waals surface area contributed by atoms with Gasteiger partial charge in [-0.25, -0.2) is 0 Å². The van der Waals surface area contributed by atoms with Crippen molar-refractivity contribution in [2.75, 3.05) is 12.3 Å². The highest BCUT2D eigenvalue weighted by molar-refractivity contribution is 5.42. The molecular formula is C15H17NO. The molecule has 0 fully saturated rings. The third-order valence-electron chi connectivity index (χ3n) is 2.59. The molecule has 2 aromatic carbocycles. The second-order valence-electron chi connectivity index (χ2n) is 4.00. The van der Waals surface area contributed by atoms with Crippen LogP contribution < -0.4 is 10.5 Å². The predicted molar refractivity (Wildman–Crippen MR) is 71.3 cm³/mol. The van der Waals surface area contributed by atoms with Crippen molar-refractivity contribution in [3.63, 3.8) is 0 Å². The Hall–Kier alpha value is -1.96. The molecule has 0 aromatic heterocycles. The first-order valence-electron chi connectivity index (χ1n) is 5.84. The molecule has 88 valence electrons. The lowest BCUT2D eigenvalue weighted by Crippen LogP contribution is -1.93. The van der Waals surface area contributed by atoms with E-state index in [2.05, 4.69) is 18.2 Å². The number of ether oxygens (including phenoxy) is 1. The molecule has 0 radical (unpaired) electrons. The van der Waals surface area contributed by atoms with Crippen LogP contribution in [0, 0.1) is 0 Å². The molecule has 2 heteroatoms. The van der Waals surface area contributed by atoms with Gasteiger partial charge in [0.25, 0.3) is 0 Å². The molecule has 0 unspecified atom stereocenters. The fraction of sp³-hybridized carbons (Fsp3) is 0.200. The number of anilines is 1. The van der Waals surface area contributed by atoms with Crippen LogP contribution in [0.2, 0.25) is 0 Å². The van der Waals surface area contributed by atoms with E-state index in [9.17, 15) is 0 Å². The summed E-state index contributed by atoms with van der Waals surface area (Å²) in [7, 11) is 0. The Labute approximate surface area is 102 Å². The number of hydrogen-bond acceptors (Lipinski definition) is 2. The fourth-order valence-corrected chi connectivity index (χ4v) is 1.81. The zero-order chi connectivity index (χ0) is 12.1. The van der Waals surface area contributed by atoms with Crippen LogP contribution in [0.5, 0.6) is 5.75 Å². The first kappa shape index (κ1) is 11.5. The van der Waals surface area contributed by atoms with E-state index in [0.29, 0.717) is 6.61 Å². The Morgan fingerprint density at radius 3 is 2.41 bits per heavy atom. The van der Waals surface area contributed by atoms with Crippen LogP contribution >= 0.6 is 0 Å². The molecule has 2 nitrogen and oxygen atoms in total. The van der Waals surface area contributed by atoms with Crippen LogP contribution in [-0.2, 0) is 6.42 Å². The Kier molecular flexibility index (Phi) is 3.66. The minimum Gasteiger partial charge on any atom is -0.494 e. The molecule has 2 rings (SSSR count). The van der Waals surface area contributed by atoms with E-state index in [1.807, 2.05) is 37.3 Å². The van der Waals surface area contributed by atoms with E-state index < -0.39 is 0 Å². The van der Waals surface area contributed by atoms with E-state index >= 15 is 0 Å². The van der Waals surface area contributed by atoms with Crippen molar-refractivity contribution in [3.05, 3.63) is 59.7 Å². The van der Waals surface area contributed by atoms with Gasteiger partial charge in [-0.1, -0.05) is 24.3 Å². The zero-order valence-corrected chi connectivity index (χ0v) is 10.0. The van der Waals surface area contributed by atoms with Crippen molar-refractivity contribution in [2.24, 2.45) is 0 Å². The van der Waals surface area contributed by atoms with Crippen LogP contribution in [0.3, 0.4) is 0 Å². The van der Waals surface area contributed by atoms with Crippen LogP contribution in [0.15, 0.2) is 48.5 Å². The van der Waals surface area contributed by atoms with E-state index in [0.717, 1.165) is 17.9 Å². The summed E-state index contributed by atoms with van der Waals surface area (Å²) < 4.78 is 5.41. The van der Waals surface area contributed by atoms with Crippen molar-refractivity contribution in [1.82, 2.24) is 0 Å². The van der Waals surface area contributed by atoms with E-state index in [4.69, 9.17) is 10.5 Å². The number of nitrogens with two attached hydrogens (primary N) is 1. The normalized spacial score (nSPS) is 10.2. The summed E-state index contributed by atoms with van der Waals surface area (Å²) in [6.07, 6.45) is 0.900. The van der Waals surface area contributed by atoms with Gasteiger partial charge in [-0.2, -0.15) is 0 Å². The minimum atomic E-state index is 0.703. The summed E-state index contributed by atoms with van der Waals surface area (Å²) in [5.41, 5.74) is 9.06. The molecule has 0 saturated heterocycles. The number of benzene rings is 2. The monoisotopic (exact) mass is 227 g/mol. The Bertz CT molecular complexity index is 477. The van der Waals surface area contributed by atoms with Gasteiger partial charge in [-0.3, -0.25) is 0 Å². The second-order valence-corrected chi connectivity index (χ2v) is 4.00. The number of nitrogen functional groups attached to an aromatic ring is 1. The zero-order valence-electron chi connectivity index (χ0n) is 10.0. The highest BCUT2D eigenvalue weighted by Gasteiger charge is 1.98. The standard InChI is InChI=1S/C15H17NO/c1-2-17-15-8-6-12(7-9-15)10-13-4-3-5-14(16)11-13/h3-9,11H,2,10,16H2,1H3. The molecule has 0 aliphatic carbocycles. The third kappa shape index (κ3) is 3.25. The highest BCUT2D eigenvalue weighted by atomic mass is 16.5. The van der Waals surface area contributed by atoms with E-state index in [-0.39, 0.29) is 0 Å². The van der Waals surface area contributed by atoms with Crippen molar-refractivity contribution >= 4 is 5.69 Å². The van der Waals surface area contributed by atoms with Gasteiger partial charge in [0.15, 0.2) is 0 Å². The number of rotatable bonds is 4. The molecule has 0 heterocycles. The lowest BCUT2D eigenvalue weighted by atomic mass is 10.0. The van der Waals surface area contributed by atoms with Gasteiger partial charge >= 0.3 is 0 Å². The highest BCUT2D eigenvalue weighted by Crippen LogP contribution is 2.16. The molecule has 2 aromatic rings. The summed E-state index contributed by atoms with van der Waals surface area (Å²) >= 11 is 0. The molecule has 0 bridgehead atoms. The minimum absolute atomic E-state index is 0.703. The largest absolute Gasteiger partial charge is 0.494 e. The molecule has 0 spiro atoms. The van der Waals surface area contributed by atoms with Crippen molar-refractivity contribution in [2.45, 2.75) is 13.3 Å². The molecule has 2 N–H and O–H groups in total. The maximum Gasteiger partial charge on any atom is 0.119 e. The average Bonchev–Trinajstić information content (AvgIpc) is 2.32. The quantitative estimate of drug-likeness (QED) is 0.814. The summed E-state index contributed by atoms with van der Waals surface area (Å²) in [6.45, 7) is 2.69. The summed E-state index contributed by atoms with van der Waals surface area (Å²) in [5.74, 6) is 0.920. The molecule has 0 saturated carbocycles. The Morgan fingerprint density at radius 2 is 1.76 bits per heavy atom. The van der Waals surface area contributed by atoms with E-state index in [1.165, 1.54) is 11.1 Å². The SMILES string of the molecule is CCOc1ccc(Cc2cccc(N)c2)cc1. The van der Waals surface area contributed by atoms with Gasteiger partial charge in [0.2, 0.25) is 0 Å². The molecule has 0 aliphatic heterocycles. The smallest absolute Gasteiger partial charge is 0.119 e. The maximum atomic E-state index is 5.76. The second kappa shape index (κ2) is 5.39. The van der Waals surface area contributed by atoms with Gasteiger partial charge < -0.3 is 10.5 Å². The van der Waals surface area contributed by atoms with Crippen LogP contribution in [0.4, 0.5) is 5.69 Å². The Morgan fingerprint density at radius 1 is 1.00 bits per heavy atom. The maximum absolute atomic E-state index is 5.76. The third-order valence-corrected chi connectivity index (χ3v) is 2.59. The van der Waals surface area contributed by atoms with Crippen LogP contribution in [0.25, 0.3) is 0 Å². The van der Waals surface area contributed by atoms with E-state index in [1.54, 1.807) is 0 Å². The molecule has 17 heavy (non-hydrogen) atoms. The van der Waals surface area contributed by atoms with Gasteiger partial charge in [0.1, 0.15) is 5.75 Å². The first-order chi connectivity index (χ1) is 8.28. The van der Waals surface area contributed by atoms with Crippen molar-refractivity contribution in [3.8, 4) is 5.75 Å². The van der Waals surface area contributed by atoms with Gasteiger partial charge in [-0.15, -0.1) is 0 Å². The lowest BCUT2D eigenvalue weighted by Gasteiger charge is -2.05.